The minimum Gasteiger partial charge on any atom is -0.342 e. The molecule has 0 unspecified atom stereocenters. The van der Waals surface area contributed by atoms with Crippen LogP contribution in [0.25, 0.3) is 0 Å². The molecule has 1 fully saturated rings. The molecule has 1 amide bonds. The summed E-state index contributed by atoms with van der Waals surface area (Å²) in [7, 11) is 0. The summed E-state index contributed by atoms with van der Waals surface area (Å²) in [6.07, 6.45) is 1.68. The topological polar surface area (TPSA) is 46.3 Å². The molecular weight excluding hydrogens is 243 g/mol. The van der Waals surface area contributed by atoms with E-state index in [9.17, 15) is 9.18 Å². The Morgan fingerprint density at radius 2 is 2.00 bits per heavy atom. The first-order valence-corrected chi connectivity index (χ1v) is 6.72. The number of amides is 1. The number of hydrogen-bond acceptors (Lipinski definition) is 2. The van der Waals surface area contributed by atoms with Crippen molar-refractivity contribution in [2.75, 3.05) is 13.1 Å². The lowest BCUT2D eigenvalue weighted by Gasteiger charge is -2.36. The zero-order valence-electron chi connectivity index (χ0n) is 11.5. The third-order valence-corrected chi connectivity index (χ3v) is 3.91. The van der Waals surface area contributed by atoms with E-state index in [4.69, 9.17) is 5.73 Å². The Balaban J connectivity index is 2.17. The summed E-state index contributed by atoms with van der Waals surface area (Å²) < 4.78 is 13.3. The van der Waals surface area contributed by atoms with E-state index in [1.165, 1.54) is 12.1 Å². The highest BCUT2D eigenvalue weighted by atomic mass is 19.1. The van der Waals surface area contributed by atoms with Crippen LogP contribution in [0.5, 0.6) is 0 Å². The molecule has 1 saturated heterocycles. The summed E-state index contributed by atoms with van der Waals surface area (Å²) in [5, 5.41) is 0. The predicted molar refractivity (Wildman–Crippen MR) is 73.2 cm³/mol. The normalized spacial score (nSPS) is 17.6. The highest BCUT2D eigenvalue weighted by Crippen LogP contribution is 2.27. The van der Waals surface area contributed by atoms with Crippen LogP contribution in [-0.2, 0) is 10.2 Å². The highest BCUT2D eigenvalue weighted by molar-refractivity contribution is 5.87. The lowest BCUT2D eigenvalue weighted by molar-refractivity contribution is -0.137. The first-order chi connectivity index (χ1) is 8.91. The SMILES string of the molecule is CC(C)(C(=O)N1CCC(N)CC1)c1cccc(F)c1. The number of nitrogens with two attached hydrogens (primary N) is 1. The Labute approximate surface area is 113 Å². The van der Waals surface area contributed by atoms with Crippen LogP contribution >= 0.6 is 0 Å². The Hall–Kier alpha value is -1.42. The van der Waals surface area contributed by atoms with E-state index in [-0.39, 0.29) is 17.8 Å². The number of hydrogen-bond donors (Lipinski definition) is 1. The van der Waals surface area contributed by atoms with E-state index < -0.39 is 5.41 Å². The third kappa shape index (κ3) is 2.95. The van der Waals surface area contributed by atoms with Crippen LogP contribution in [0.15, 0.2) is 24.3 Å². The smallest absolute Gasteiger partial charge is 0.232 e. The van der Waals surface area contributed by atoms with E-state index in [2.05, 4.69) is 0 Å². The van der Waals surface area contributed by atoms with Gasteiger partial charge in [0.1, 0.15) is 5.82 Å². The second kappa shape index (κ2) is 5.29. The van der Waals surface area contributed by atoms with Gasteiger partial charge in [-0.15, -0.1) is 0 Å². The summed E-state index contributed by atoms with van der Waals surface area (Å²) in [6.45, 7) is 5.08. The van der Waals surface area contributed by atoms with Crippen molar-refractivity contribution in [2.24, 2.45) is 5.73 Å². The summed E-state index contributed by atoms with van der Waals surface area (Å²) >= 11 is 0. The molecule has 1 aliphatic heterocycles. The molecule has 104 valence electrons. The molecule has 1 aliphatic rings. The van der Waals surface area contributed by atoms with Crippen LogP contribution in [0.2, 0.25) is 0 Å². The molecule has 3 nitrogen and oxygen atoms in total. The van der Waals surface area contributed by atoms with Crippen molar-refractivity contribution >= 4 is 5.91 Å². The van der Waals surface area contributed by atoms with Crippen LogP contribution in [0.4, 0.5) is 4.39 Å². The molecule has 0 bridgehead atoms. The molecule has 0 saturated carbocycles. The lowest BCUT2D eigenvalue weighted by Crippen LogP contribution is -2.49. The van der Waals surface area contributed by atoms with E-state index in [1.54, 1.807) is 12.1 Å². The maximum atomic E-state index is 13.3. The number of rotatable bonds is 2. The standard InChI is InChI=1S/C15H21FN2O/c1-15(2,11-4-3-5-12(16)10-11)14(19)18-8-6-13(17)7-9-18/h3-5,10,13H,6-9,17H2,1-2H3. The fourth-order valence-electron chi connectivity index (χ4n) is 2.50. The van der Waals surface area contributed by atoms with Gasteiger partial charge in [0, 0.05) is 19.1 Å². The quantitative estimate of drug-likeness (QED) is 0.888. The fourth-order valence-corrected chi connectivity index (χ4v) is 2.50. The Morgan fingerprint density at radius 3 is 2.58 bits per heavy atom. The average molecular weight is 264 g/mol. The van der Waals surface area contributed by atoms with Gasteiger partial charge < -0.3 is 10.6 Å². The van der Waals surface area contributed by atoms with E-state index >= 15 is 0 Å². The number of benzene rings is 1. The molecule has 0 aromatic heterocycles. The molecule has 1 heterocycles. The highest BCUT2D eigenvalue weighted by Gasteiger charge is 2.35. The number of piperidine rings is 1. The van der Waals surface area contributed by atoms with Crippen LogP contribution < -0.4 is 5.73 Å². The second-order valence-corrected chi connectivity index (χ2v) is 5.76. The summed E-state index contributed by atoms with van der Waals surface area (Å²) in [5.74, 6) is -0.260. The number of carbonyl (C=O) groups is 1. The number of carbonyl (C=O) groups excluding carboxylic acids is 1. The van der Waals surface area contributed by atoms with Crippen molar-refractivity contribution in [3.8, 4) is 0 Å². The van der Waals surface area contributed by atoms with Gasteiger partial charge in [0.05, 0.1) is 5.41 Å². The summed E-state index contributed by atoms with van der Waals surface area (Å²) in [5.41, 5.74) is 5.86. The van der Waals surface area contributed by atoms with Crippen LogP contribution in [0, 0.1) is 5.82 Å². The van der Waals surface area contributed by atoms with Crippen molar-refractivity contribution in [2.45, 2.75) is 38.1 Å². The zero-order valence-corrected chi connectivity index (χ0v) is 11.5. The van der Waals surface area contributed by atoms with Gasteiger partial charge in [0.15, 0.2) is 0 Å². The molecule has 1 aromatic rings. The van der Waals surface area contributed by atoms with E-state index in [0.29, 0.717) is 18.7 Å². The van der Waals surface area contributed by atoms with Gasteiger partial charge in [-0.25, -0.2) is 4.39 Å². The van der Waals surface area contributed by atoms with Gasteiger partial charge >= 0.3 is 0 Å². The van der Waals surface area contributed by atoms with Crippen LogP contribution in [-0.4, -0.2) is 29.9 Å². The van der Waals surface area contributed by atoms with Gasteiger partial charge in [0.25, 0.3) is 0 Å². The Kier molecular flexibility index (Phi) is 3.90. The molecule has 4 heteroatoms. The van der Waals surface area contributed by atoms with Gasteiger partial charge in [-0.1, -0.05) is 12.1 Å². The fraction of sp³-hybridized carbons (Fsp3) is 0.533. The van der Waals surface area contributed by atoms with Gasteiger partial charge in [-0.05, 0) is 44.4 Å². The first-order valence-electron chi connectivity index (χ1n) is 6.72. The van der Waals surface area contributed by atoms with Crippen molar-refractivity contribution in [3.05, 3.63) is 35.6 Å². The zero-order chi connectivity index (χ0) is 14.0. The van der Waals surface area contributed by atoms with E-state index in [1.807, 2.05) is 18.7 Å². The van der Waals surface area contributed by atoms with Gasteiger partial charge in [0.2, 0.25) is 5.91 Å². The molecule has 0 radical (unpaired) electrons. The molecule has 1 aromatic carbocycles. The van der Waals surface area contributed by atoms with Crippen LogP contribution in [0.3, 0.4) is 0 Å². The number of likely N-dealkylation sites (tertiary alicyclic amines) is 1. The number of nitrogens with zero attached hydrogens (tertiary/aromatic N) is 1. The van der Waals surface area contributed by atoms with Crippen molar-refractivity contribution in [3.63, 3.8) is 0 Å². The third-order valence-electron chi connectivity index (χ3n) is 3.91. The minimum absolute atomic E-state index is 0.0463. The van der Waals surface area contributed by atoms with Gasteiger partial charge in [-0.2, -0.15) is 0 Å². The average Bonchev–Trinajstić information content (AvgIpc) is 2.39. The largest absolute Gasteiger partial charge is 0.342 e. The molecule has 0 aliphatic carbocycles. The summed E-state index contributed by atoms with van der Waals surface area (Å²) in [6, 6.07) is 6.47. The molecule has 0 spiro atoms. The first kappa shape index (κ1) is 14.0. The summed E-state index contributed by atoms with van der Waals surface area (Å²) in [4.78, 5) is 14.4. The number of halogens is 1. The second-order valence-electron chi connectivity index (χ2n) is 5.76. The molecule has 2 rings (SSSR count). The van der Waals surface area contributed by atoms with Crippen molar-refractivity contribution < 1.29 is 9.18 Å². The Morgan fingerprint density at radius 1 is 1.37 bits per heavy atom. The van der Waals surface area contributed by atoms with E-state index in [0.717, 1.165) is 12.8 Å². The maximum absolute atomic E-state index is 13.3. The molecular formula is C15H21FN2O. The molecule has 0 atom stereocenters. The lowest BCUT2D eigenvalue weighted by atomic mass is 9.82. The molecule has 2 N–H and O–H groups in total. The Bertz CT molecular complexity index is 465. The van der Waals surface area contributed by atoms with Crippen LogP contribution in [0.1, 0.15) is 32.3 Å². The van der Waals surface area contributed by atoms with Crippen molar-refractivity contribution in [1.29, 1.82) is 0 Å². The monoisotopic (exact) mass is 264 g/mol. The predicted octanol–water partition coefficient (Wildman–Crippen LogP) is 2.05. The van der Waals surface area contributed by atoms with Crippen molar-refractivity contribution in [1.82, 2.24) is 4.90 Å². The van der Waals surface area contributed by atoms with Gasteiger partial charge in [-0.3, -0.25) is 4.79 Å². The molecule has 19 heavy (non-hydrogen) atoms. The minimum atomic E-state index is -0.705. The maximum Gasteiger partial charge on any atom is 0.232 e.